The van der Waals surface area contributed by atoms with Crippen LogP contribution in [0.4, 0.5) is 9.59 Å². The highest BCUT2D eigenvalue weighted by molar-refractivity contribution is 5.87. The van der Waals surface area contributed by atoms with Gasteiger partial charge in [0.05, 0.1) is 0 Å². The van der Waals surface area contributed by atoms with Crippen LogP contribution in [0.25, 0.3) is 0 Å². The van der Waals surface area contributed by atoms with E-state index in [1.54, 1.807) is 13.8 Å². The molecule has 0 saturated heterocycles. The molecule has 8 rings (SSSR count). The molecule has 4 atom stereocenters. The van der Waals surface area contributed by atoms with Crippen molar-refractivity contribution >= 4 is 24.1 Å². The Labute approximate surface area is 272 Å². The topological polar surface area (TPSA) is 129 Å². The molecule has 0 aromatic heterocycles. The average Bonchev–Trinajstić information content (AvgIpc) is 2.91. The molecule has 8 aliphatic rings. The largest absolute Gasteiger partial charge is 0.456 e. The molecule has 4 unspecified atom stereocenters. The van der Waals surface area contributed by atoms with Gasteiger partial charge in [-0.2, -0.15) is 0 Å². The summed E-state index contributed by atoms with van der Waals surface area (Å²) >= 11 is 0. The van der Waals surface area contributed by atoms with Gasteiger partial charge in [0.1, 0.15) is 22.4 Å². The average molecular weight is 641 g/mol. The number of carbonyl (C=O) groups is 4. The quantitative estimate of drug-likeness (QED) is 0.102. The Kier molecular flexibility index (Phi) is 8.96. The fraction of sp³-hybridized carbons (Fsp3) is 0.778. The van der Waals surface area contributed by atoms with Gasteiger partial charge in [-0.3, -0.25) is 0 Å². The summed E-state index contributed by atoms with van der Waals surface area (Å²) in [5, 5.41) is 5.84. The molecule has 10 nitrogen and oxygen atoms in total. The van der Waals surface area contributed by atoms with Crippen LogP contribution in [-0.4, -0.2) is 59.6 Å². The highest BCUT2D eigenvalue weighted by Crippen LogP contribution is 2.61. The highest BCUT2D eigenvalue weighted by Gasteiger charge is 2.63. The molecule has 8 fully saturated rings. The number of rotatable bonds is 13. The van der Waals surface area contributed by atoms with E-state index in [-0.39, 0.29) is 11.9 Å². The minimum atomic E-state index is -0.560. The third kappa shape index (κ3) is 7.10. The maximum absolute atomic E-state index is 12.8. The molecule has 0 aromatic carbocycles. The van der Waals surface area contributed by atoms with Crippen molar-refractivity contribution < 1.29 is 38.1 Å². The first kappa shape index (κ1) is 32.9. The zero-order chi connectivity index (χ0) is 32.7. The number of amides is 2. The normalized spacial score (nSPS) is 37.7. The molecular formula is C36H52N2O8. The summed E-state index contributed by atoms with van der Waals surface area (Å²) in [5.41, 5.74) is -1.41. The molecule has 2 amide bonds. The molecule has 0 aliphatic heterocycles. The minimum absolute atomic E-state index is 0.354. The molecule has 0 heterocycles. The summed E-state index contributed by atoms with van der Waals surface area (Å²) in [6.45, 7) is 11.8. The lowest BCUT2D eigenvalue weighted by Crippen LogP contribution is -2.62. The third-order valence-corrected chi connectivity index (χ3v) is 11.5. The second-order valence-corrected chi connectivity index (χ2v) is 16.0. The predicted molar refractivity (Wildman–Crippen MR) is 170 cm³/mol. The zero-order valence-corrected chi connectivity index (χ0v) is 27.7. The van der Waals surface area contributed by atoms with Gasteiger partial charge in [0, 0.05) is 37.1 Å². The maximum Gasteiger partial charge on any atom is 0.407 e. The van der Waals surface area contributed by atoms with Crippen LogP contribution in [0.2, 0.25) is 0 Å². The first-order chi connectivity index (χ1) is 21.8. The van der Waals surface area contributed by atoms with Gasteiger partial charge in [0.2, 0.25) is 0 Å². The summed E-state index contributed by atoms with van der Waals surface area (Å²) < 4.78 is 24.1. The second kappa shape index (κ2) is 12.5. The number of ether oxygens (including phenoxy) is 4. The predicted octanol–water partition coefficient (Wildman–Crippen LogP) is 6.42. The molecule has 10 heteroatoms. The summed E-state index contributed by atoms with van der Waals surface area (Å²) in [5.74, 6) is 0.935. The van der Waals surface area contributed by atoms with Gasteiger partial charge in [0.25, 0.3) is 0 Å². The number of carbonyl (C=O) groups excluding carboxylic acids is 4. The van der Waals surface area contributed by atoms with Crippen LogP contribution in [-0.2, 0) is 28.5 Å². The molecule has 8 aliphatic carbocycles. The summed E-state index contributed by atoms with van der Waals surface area (Å²) in [4.78, 5) is 50.3. The number of hydrogen-bond acceptors (Lipinski definition) is 8. The van der Waals surface area contributed by atoms with Gasteiger partial charge < -0.3 is 29.6 Å². The van der Waals surface area contributed by atoms with Gasteiger partial charge in [-0.15, -0.1) is 0 Å². The molecule has 0 spiro atoms. The van der Waals surface area contributed by atoms with Gasteiger partial charge in [-0.05, 0) is 115 Å². The lowest BCUT2D eigenvalue weighted by molar-refractivity contribution is -0.217. The van der Waals surface area contributed by atoms with Crippen molar-refractivity contribution in [2.24, 2.45) is 23.7 Å². The fourth-order valence-corrected chi connectivity index (χ4v) is 10.7. The number of esters is 2. The van der Waals surface area contributed by atoms with Crippen LogP contribution in [0.5, 0.6) is 0 Å². The standard InChI is InChI=1S/C36H52N2O8/c1-23(2)29(39)43-33-13-25-11-26(14-33)18-35(17-25,21-33)45-31(41)37-9-7-5-6-8-10-38-32(42)46-36-19-27-12-28(20-36)16-34(15-27,22-36)44-30(40)24(3)4/h25-28H,1,3,5-22H2,2,4H3,(H,37,41)(H,38,42). The van der Waals surface area contributed by atoms with E-state index < -0.39 is 34.6 Å². The molecular weight excluding hydrogens is 588 g/mol. The molecule has 254 valence electrons. The van der Waals surface area contributed by atoms with Crippen molar-refractivity contribution in [3.8, 4) is 0 Å². The van der Waals surface area contributed by atoms with Crippen molar-refractivity contribution in [2.45, 2.75) is 139 Å². The van der Waals surface area contributed by atoms with E-state index in [2.05, 4.69) is 23.8 Å². The van der Waals surface area contributed by atoms with E-state index >= 15 is 0 Å². The van der Waals surface area contributed by atoms with E-state index in [9.17, 15) is 19.2 Å². The Bertz CT molecular complexity index is 1150. The minimum Gasteiger partial charge on any atom is -0.456 e. The van der Waals surface area contributed by atoms with Gasteiger partial charge in [-0.1, -0.05) is 26.0 Å². The maximum atomic E-state index is 12.8. The van der Waals surface area contributed by atoms with E-state index in [1.807, 2.05) is 0 Å². The van der Waals surface area contributed by atoms with E-state index in [0.717, 1.165) is 89.9 Å². The van der Waals surface area contributed by atoms with Crippen LogP contribution in [0.15, 0.2) is 24.3 Å². The van der Waals surface area contributed by atoms with Crippen LogP contribution in [0.1, 0.15) is 117 Å². The molecule has 8 saturated carbocycles. The molecule has 8 bridgehead atoms. The Morgan fingerprint density at radius 2 is 0.848 bits per heavy atom. The summed E-state index contributed by atoms with van der Waals surface area (Å²) in [7, 11) is 0. The zero-order valence-electron chi connectivity index (χ0n) is 27.7. The van der Waals surface area contributed by atoms with Crippen molar-refractivity contribution in [2.75, 3.05) is 13.1 Å². The Balaban J connectivity index is 0.865. The summed E-state index contributed by atoms with van der Waals surface area (Å²) in [6, 6.07) is 0. The van der Waals surface area contributed by atoms with E-state index in [1.165, 1.54) is 0 Å². The third-order valence-electron chi connectivity index (χ3n) is 11.5. The number of hydrogen-bond donors (Lipinski definition) is 2. The van der Waals surface area contributed by atoms with Crippen LogP contribution in [0, 0.1) is 23.7 Å². The van der Waals surface area contributed by atoms with Gasteiger partial charge >= 0.3 is 24.1 Å². The first-order valence-corrected chi connectivity index (χ1v) is 17.5. The number of alkyl carbamates (subject to hydrolysis) is 2. The first-order valence-electron chi connectivity index (χ1n) is 17.5. The smallest absolute Gasteiger partial charge is 0.407 e. The van der Waals surface area contributed by atoms with Gasteiger partial charge in [0.15, 0.2) is 0 Å². The van der Waals surface area contributed by atoms with E-state index in [4.69, 9.17) is 18.9 Å². The van der Waals surface area contributed by atoms with Crippen molar-refractivity contribution in [1.82, 2.24) is 10.6 Å². The van der Waals surface area contributed by atoms with Crippen LogP contribution < -0.4 is 10.6 Å². The number of nitrogens with one attached hydrogen (secondary N) is 2. The Morgan fingerprint density at radius 3 is 1.15 bits per heavy atom. The number of unbranched alkanes of at least 4 members (excludes halogenated alkanes) is 3. The van der Waals surface area contributed by atoms with Crippen molar-refractivity contribution in [1.29, 1.82) is 0 Å². The van der Waals surface area contributed by atoms with Crippen LogP contribution >= 0.6 is 0 Å². The van der Waals surface area contributed by atoms with Crippen LogP contribution in [0.3, 0.4) is 0 Å². The Hall–Kier alpha value is -3.04. The fourth-order valence-electron chi connectivity index (χ4n) is 10.7. The lowest BCUT2D eigenvalue weighted by atomic mass is 9.52. The molecule has 46 heavy (non-hydrogen) atoms. The summed E-state index contributed by atoms with van der Waals surface area (Å²) in [6.07, 6.45) is 12.8. The Morgan fingerprint density at radius 1 is 0.543 bits per heavy atom. The van der Waals surface area contributed by atoms with Gasteiger partial charge in [-0.25, -0.2) is 19.2 Å². The lowest BCUT2D eigenvalue weighted by Gasteiger charge is -2.60. The van der Waals surface area contributed by atoms with E-state index in [0.29, 0.717) is 60.7 Å². The van der Waals surface area contributed by atoms with Crippen molar-refractivity contribution in [3.63, 3.8) is 0 Å². The SMILES string of the molecule is C=C(C)C(=O)OC12CC3CC(CC(OC(=O)NCCCCCCNC(=O)OC45CC6CC(C4)CC(OC(=O)C(=C)C)(C6)C5)(C3)C1)C2. The monoisotopic (exact) mass is 640 g/mol. The van der Waals surface area contributed by atoms with Crippen molar-refractivity contribution in [3.05, 3.63) is 24.3 Å². The highest BCUT2D eigenvalue weighted by atomic mass is 16.6. The molecule has 2 N–H and O–H groups in total. The molecule has 0 radical (unpaired) electrons. The second-order valence-electron chi connectivity index (χ2n) is 16.0. The molecule has 0 aromatic rings.